The normalized spacial score (nSPS) is 22.9. The van der Waals surface area contributed by atoms with Crippen molar-refractivity contribution in [3.05, 3.63) is 34.1 Å². The summed E-state index contributed by atoms with van der Waals surface area (Å²) in [6.45, 7) is 3.01. The highest BCUT2D eigenvalue weighted by Gasteiger charge is 2.29. The second-order valence-electron chi connectivity index (χ2n) is 5.06. The van der Waals surface area contributed by atoms with Gasteiger partial charge in [-0.2, -0.15) is 0 Å². The summed E-state index contributed by atoms with van der Waals surface area (Å²) >= 11 is 3.40. The second kappa shape index (κ2) is 8.08. The molecule has 20 heavy (non-hydrogen) atoms. The van der Waals surface area contributed by atoms with Crippen LogP contribution in [0.5, 0.6) is 0 Å². The van der Waals surface area contributed by atoms with Gasteiger partial charge in [0, 0.05) is 42.8 Å². The molecule has 112 valence electrons. The molecule has 0 radical (unpaired) electrons. The van der Waals surface area contributed by atoms with E-state index in [4.69, 9.17) is 9.47 Å². The fourth-order valence-corrected chi connectivity index (χ4v) is 2.97. The monoisotopic (exact) mass is 345 g/mol. The van der Waals surface area contributed by atoms with Crippen LogP contribution in [-0.2, 0) is 9.47 Å². The molecule has 2 unspecified atom stereocenters. The fourth-order valence-electron chi connectivity index (χ4n) is 2.59. The molecule has 1 aromatic rings. The average molecular weight is 346 g/mol. The van der Waals surface area contributed by atoms with E-state index in [-0.39, 0.29) is 11.9 Å². The number of halogens is 2. The van der Waals surface area contributed by atoms with Crippen molar-refractivity contribution in [2.75, 3.05) is 33.4 Å². The van der Waals surface area contributed by atoms with Gasteiger partial charge in [0.25, 0.3) is 0 Å². The molecule has 1 saturated heterocycles. The number of nitrogens with one attached hydrogen (secondary N) is 1. The first-order valence-corrected chi connectivity index (χ1v) is 7.78. The molecule has 0 aromatic heterocycles. The molecule has 0 amide bonds. The van der Waals surface area contributed by atoms with Gasteiger partial charge in [-0.1, -0.05) is 15.9 Å². The molecular weight excluding hydrogens is 325 g/mol. The van der Waals surface area contributed by atoms with Crippen molar-refractivity contribution in [3.63, 3.8) is 0 Å². The zero-order chi connectivity index (χ0) is 14.4. The summed E-state index contributed by atoms with van der Waals surface area (Å²) in [5, 5.41) is 3.35. The van der Waals surface area contributed by atoms with E-state index in [2.05, 4.69) is 21.2 Å². The van der Waals surface area contributed by atoms with E-state index in [9.17, 15) is 4.39 Å². The van der Waals surface area contributed by atoms with Gasteiger partial charge < -0.3 is 14.8 Å². The zero-order valence-corrected chi connectivity index (χ0v) is 13.3. The Balaban J connectivity index is 2.04. The van der Waals surface area contributed by atoms with Crippen LogP contribution >= 0.6 is 15.9 Å². The average Bonchev–Trinajstić information content (AvgIpc) is 2.47. The molecule has 1 aliphatic heterocycles. The Morgan fingerprint density at radius 3 is 3.15 bits per heavy atom. The predicted molar refractivity (Wildman–Crippen MR) is 80.3 cm³/mol. The van der Waals surface area contributed by atoms with E-state index in [1.165, 1.54) is 6.07 Å². The fraction of sp³-hybridized carbons (Fsp3) is 0.600. The molecule has 2 rings (SSSR count). The van der Waals surface area contributed by atoms with E-state index in [1.807, 2.05) is 6.07 Å². The predicted octanol–water partition coefficient (Wildman–Crippen LogP) is 3.29. The number of ether oxygens (including phenoxy) is 2. The topological polar surface area (TPSA) is 30.5 Å². The highest BCUT2D eigenvalue weighted by Crippen LogP contribution is 2.35. The Bertz CT molecular complexity index is 430. The minimum absolute atomic E-state index is 0.170. The van der Waals surface area contributed by atoms with E-state index in [0.29, 0.717) is 24.7 Å². The first kappa shape index (κ1) is 15.9. The summed E-state index contributed by atoms with van der Waals surface area (Å²) in [5.74, 6) is 0.103. The van der Waals surface area contributed by atoms with Crippen molar-refractivity contribution in [3.8, 4) is 0 Å². The molecule has 0 saturated carbocycles. The molecule has 1 aliphatic rings. The Morgan fingerprint density at radius 1 is 1.50 bits per heavy atom. The summed E-state index contributed by atoms with van der Waals surface area (Å²) in [7, 11) is 1.69. The molecule has 1 fully saturated rings. The molecule has 2 atom stereocenters. The van der Waals surface area contributed by atoms with E-state index in [0.717, 1.165) is 30.4 Å². The lowest BCUT2D eigenvalue weighted by molar-refractivity contribution is -0.0299. The third-order valence-electron chi connectivity index (χ3n) is 3.60. The van der Waals surface area contributed by atoms with Crippen LogP contribution in [-0.4, -0.2) is 33.4 Å². The molecular formula is C15H21BrFNO2. The van der Waals surface area contributed by atoms with Gasteiger partial charge in [0.2, 0.25) is 0 Å². The summed E-state index contributed by atoms with van der Waals surface area (Å²) in [6.07, 6.45) is 1.91. The van der Waals surface area contributed by atoms with Crippen LogP contribution in [0.1, 0.15) is 24.5 Å². The van der Waals surface area contributed by atoms with Crippen molar-refractivity contribution in [2.45, 2.75) is 18.9 Å². The van der Waals surface area contributed by atoms with Crippen LogP contribution < -0.4 is 5.32 Å². The SMILES string of the molecule is COCCNCC1CCCOC1c1cc(Br)ccc1F. The van der Waals surface area contributed by atoms with Gasteiger partial charge in [-0.3, -0.25) is 0 Å². The molecule has 1 heterocycles. The third kappa shape index (κ3) is 4.25. The molecule has 0 aliphatic carbocycles. The largest absolute Gasteiger partial charge is 0.383 e. The minimum atomic E-state index is -0.193. The highest BCUT2D eigenvalue weighted by molar-refractivity contribution is 9.10. The molecule has 3 nitrogen and oxygen atoms in total. The molecule has 0 bridgehead atoms. The maximum atomic E-state index is 14.0. The maximum absolute atomic E-state index is 14.0. The van der Waals surface area contributed by atoms with Gasteiger partial charge in [-0.05, 0) is 31.0 Å². The lowest BCUT2D eigenvalue weighted by Crippen LogP contribution is -2.33. The van der Waals surface area contributed by atoms with Crippen LogP contribution in [0.3, 0.4) is 0 Å². The van der Waals surface area contributed by atoms with Gasteiger partial charge in [-0.15, -0.1) is 0 Å². The Labute approximate surface area is 128 Å². The van der Waals surface area contributed by atoms with Gasteiger partial charge in [0.1, 0.15) is 5.82 Å². The quantitative estimate of drug-likeness (QED) is 0.802. The summed E-state index contributed by atoms with van der Waals surface area (Å²) in [4.78, 5) is 0. The van der Waals surface area contributed by atoms with Gasteiger partial charge in [-0.25, -0.2) is 4.39 Å². The van der Waals surface area contributed by atoms with Crippen LogP contribution in [0.25, 0.3) is 0 Å². The van der Waals surface area contributed by atoms with Crippen molar-refractivity contribution in [2.24, 2.45) is 5.92 Å². The Kier molecular flexibility index (Phi) is 6.42. The second-order valence-corrected chi connectivity index (χ2v) is 5.97. The number of hydrogen-bond acceptors (Lipinski definition) is 3. The minimum Gasteiger partial charge on any atom is -0.383 e. The number of rotatable bonds is 6. The van der Waals surface area contributed by atoms with Crippen molar-refractivity contribution < 1.29 is 13.9 Å². The van der Waals surface area contributed by atoms with Crippen molar-refractivity contribution in [1.29, 1.82) is 0 Å². The summed E-state index contributed by atoms with van der Waals surface area (Å²) < 4.78 is 25.8. The molecule has 1 N–H and O–H groups in total. The maximum Gasteiger partial charge on any atom is 0.129 e. The van der Waals surface area contributed by atoms with E-state index >= 15 is 0 Å². The summed E-state index contributed by atoms with van der Waals surface area (Å²) in [5.41, 5.74) is 0.651. The van der Waals surface area contributed by atoms with E-state index < -0.39 is 0 Å². The Hall–Kier alpha value is -0.490. The van der Waals surface area contributed by atoms with Crippen LogP contribution in [0.2, 0.25) is 0 Å². The Morgan fingerprint density at radius 2 is 2.35 bits per heavy atom. The number of benzene rings is 1. The van der Waals surface area contributed by atoms with E-state index in [1.54, 1.807) is 13.2 Å². The third-order valence-corrected chi connectivity index (χ3v) is 4.09. The van der Waals surface area contributed by atoms with Crippen LogP contribution in [0, 0.1) is 11.7 Å². The van der Waals surface area contributed by atoms with Crippen LogP contribution in [0.15, 0.2) is 22.7 Å². The number of methoxy groups -OCH3 is 1. The zero-order valence-electron chi connectivity index (χ0n) is 11.7. The first-order valence-electron chi connectivity index (χ1n) is 6.98. The molecule has 1 aromatic carbocycles. The lowest BCUT2D eigenvalue weighted by Gasteiger charge is -2.32. The molecule has 0 spiro atoms. The van der Waals surface area contributed by atoms with Gasteiger partial charge >= 0.3 is 0 Å². The van der Waals surface area contributed by atoms with Crippen molar-refractivity contribution >= 4 is 15.9 Å². The van der Waals surface area contributed by atoms with Gasteiger partial charge in [0.15, 0.2) is 0 Å². The smallest absolute Gasteiger partial charge is 0.129 e. The highest BCUT2D eigenvalue weighted by atomic mass is 79.9. The first-order chi connectivity index (χ1) is 9.72. The number of hydrogen-bond donors (Lipinski definition) is 1. The van der Waals surface area contributed by atoms with Crippen molar-refractivity contribution in [1.82, 2.24) is 5.32 Å². The lowest BCUT2D eigenvalue weighted by atomic mass is 9.89. The van der Waals surface area contributed by atoms with Crippen LogP contribution in [0.4, 0.5) is 4.39 Å². The summed E-state index contributed by atoms with van der Waals surface area (Å²) in [6, 6.07) is 5.04. The molecule has 5 heteroatoms. The van der Waals surface area contributed by atoms with Gasteiger partial charge in [0.05, 0.1) is 12.7 Å². The standard InChI is InChI=1S/C15H21BrFNO2/c1-19-8-6-18-10-11-3-2-7-20-15(11)13-9-12(16)4-5-14(13)17/h4-5,9,11,15,18H,2-3,6-8,10H2,1H3.